The van der Waals surface area contributed by atoms with E-state index in [-0.39, 0.29) is 0 Å². The van der Waals surface area contributed by atoms with Gasteiger partial charge < -0.3 is 10.5 Å². The summed E-state index contributed by atoms with van der Waals surface area (Å²) in [5.41, 5.74) is 6.65. The quantitative estimate of drug-likeness (QED) is 0.753. The highest BCUT2D eigenvalue weighted by Gasteiger charge is 2.16. The molecule has 1 saturated heterocycles. The van der Waals surface area contributed by atoms with Crippen LogP contribution in [0.4, 0.5) is 5.13 Å². The first-order chi connectivity index (χ1) is 5.84. The number of aromatic nitrogens is 1. The largest absolute Gasteiger partial charge is 0.381 e. The number of nitrogens with zero attached hydrogens (tertiary/aromatic N) is 1. The van der Waals surface area contributed by atoms with Crippen molar-refractivity contribution in [3.63, 3.8) is 0 Å². The van der Waals surface area contributed by atoms with Crippen molar-refractivity contribution in [1.82, 2.24) is 4.98 Å². The molecule has 1 aliphatic heterocycles. The molecule has 1 aromatic rings. The number of thiazole rings is 1. The number of nitrogens with two attached hydrogens (primary N) is 1. The fraction of sp³-hybridized carbons (Fsp3) is 0.625. The maximum atomic E-state index is 5.53. The van der Waals surface area contributed by atoms with E-state index >= 15 is 0 Å². The second-order valence-electron chi connectivity index (χ2n) is 3.11. The van der Waals surface area contributed by atoms with E-state index in [4.69, 9.17) is 10.5 Å². The summed E-state index contributed by atoms with van der Waals surface area (Å²) < 4.78 is 5.28. The highest BCUT2D eigenvalue weighted by Crippen LogP contribution is 2.20. The van der Waals surface area contributed by atoms with Gasteiger partial charge in [0.1, 0.15) is 0 Å². The zero-order valence-corrected chi connectivity index (χ0v) is 7.64. The Kier molecular flexibility index (Phi) is 2.28. The molecule has 1 aromatic heterocycles. The standard InChI is InChI=1S/C8H12N2OS/c9-8-10-7(5-12-8)3-6-1-2-11-4-6/h5-6H,1-4H2,(H2,9,10). The SMILES string of the molecule is Nc1nc(CC2CCOC2)cs1. The Morgan fingerprint density at radius 1 is 1.75 bits per heavy atom. The van der Waals surface area contributed by atoms with Gasteiger partial charge in [0.25, 0.3) is 0 Å². The molecule has 1 aliphatic rings. The molecule has 3 nitrogen and oxygen atoms in total. The maximum Gasteiger partial charge on any atom is 0.180 e. The smallest absolute Gasteiger partial charge is 0.180 e. The second-order valence-corrected chi connectivity index (χ2v) is 4.00. The van der Waals surface area contributed by atoms with Crippen molar-refractivity contribution >= 4 is 16.5 Å². The summed E-state index contributed by atoms with van der Waals surface area (Å²) in [6.45, 7) is 1.79. The van der Waals surface area contributed by atoms with E-state index in [1.165, 1.54) is 11.3 Å². The first-order valence-electron chi connectivity index (χ1n) is 4.12. The molecule has 0 amide bonds. The summed E-state index contributed by atoms with van der Waals surface area (Å²) in [4.78, 5) is 4.21. The van der Waals surface area contributed by atoms with Crippen LogP contribution < -0.4 is 5.73 Å². The van der Waals surface area contributed by atoms with Gasteiger partial charge in [-0.15, -0.1) is 11.3 Å². The van der Waals surface area contributed by atoms with Gasteiger partial charge in [-0.3, -0.25) is 0 Å². The normalized spacial score (nSPS) is 23.2. The van der Waals surface area contributed by atoms with Gasteiger partial charge in [-0.05, 0) is 18.8 Å². The van der Waals surface area contributed by atoms with Crippen molar-refractivity contribution in [3.05, 3.63) is 11.1 Å². The molecule has 0 aromatic carbocycles. The van der Waals surface area contributed by atoms with Crippen LogP contribution in [0.3, 0.4) is 0 Å². The molecule has 4 heteroatoms. The molecular formula is C8H12N2OS. The Balaban J connectivity index is 1.94. The molecule has 1 fully saturated rings. The predicted molar refractivity (Wildman–Crippen MR) is 49.2 cm³/mol. The van der Waals surface area contributed by atoms with Gasteiger partial charge in [0, 0.05) is 18.6 Å². The monoisotopic (exact) mass is 184 g/mol. The molecule has 1 unspecified atom stereocenters. The third kappa shape index (κ3) is 1.76. The zero-order chi connectivity index (χ0) is 8.39. The van der Waals surface area contributed by atoms with Gasteiger partial charge in [0.15, 0.2) is 5.13 Å². The lowest BCUT2D eigenvalue weighted by atomic mass is 10.0. The molecular weight excluding hydrogens is 172 g/mol. The third-order valence-electron chi connectivity index (χ3n) is 2.09. The first kappa shape index (κ1) is 8.01. The summed E-state index contributed by atoms with van der Waals surface area (Å²) in [6, 6.07) is 0. The van der Waals surface area contributed by atoms with Crippen molar-refractivity contribution in [2.24, 2.45) is 5.92 Å². The van der Waals surface area contributed by atoms with Crippen molar-refractivity contribution in [2.45, 2.75) is 12.8 Å². The molecule has 1 atom stereocenters. The second kappa shape index (κ2) is 3.41. The van der Waals surface area contributed by atoms with Crippen LogP contribution >= 0.6 is 11.3 Å². The highest BCUT2D eigenvalue weighted by atomic mass is 32.1. The maximum absolute atomic E-state index is 5.53. The lowest BCUT2D eigenvalue weighted by Gasteiger charge is -2.02. The van der Waals surface area contributed by atoms with Crippen molar-refractivity contribution in [1.29, 1.82) is 0 Å². The van der Waals surface area contributed by atoms with Crippen LogP contribution in [0.15, 0.2) is 5.38 Å². The van der Waals surface area contributed by atoms with Gasteiger partial charge in [-0.25, -0.2) is 4.98 Å². The molecule has 0 spiro atoms. The van der Waals surface area contributed by atoms with Gasteiger partial charge in [-0.2, -0.15) is 0 Å². The van der Waals surface area contributed by atoms with Crippen LogP contribution in [-0.4, -0.2) is 18.2 Å². The first-order valence-corrected chi connectivity index (χ1v) is 5.00. The fourth-order valence-electron chi connectivity index (χ4n) is 1.46. The van der Waals surface area contributed by atoms with E-state index in [1.807, 2.05) is 5.38 Å². The number of anilines is 1. The summed E-state index contributed by atoms with van der Waals surface area (Å²) in [5.74, 6) is 0.659. The zero-order valence-electron chi connectivity index (χ0n) is 6.82. The molecule has 12 heavy (non-hydrogen) atoms. The van der Waals surface area contributed by atoms with E-state index in [2.05, 4.69) is 4.98 Å². The molecule has 2 heterocycles. The Morgan fingerprint density at radius 3 is 3.25 bits per heavy atom. The van der Waals surface area contributed by atoms with Gasteiger partial charge in [0.2, 0.25) is 0 Å². The van der Waals surface area contributed by atoms with Crippen molar-refractivity contribution in [2.75, 3.05) is 18.9 Å². The summed E-state index contributed by atoms with van der Waals surface area (Å²) in [5, 5.41) is 2.71. The molecule has 0 saturated carbocycles. The van der Waals surface area contributed by atoms with Gasteiger partial charge >= 0.3 is 0 Å². The Labute approximate surface area is 75.6 Å². The van der Waals surface area contributed by atoms with Crippen LogP contribution in [0.25, 0.3) is 0 Å². The predicted octanol–water partition coefficient (Wildman–Crippen LogP) is 1.30. The van der Waals surface area contributed by atoms with Crippen molar-refractivity contribution < 1.29 is 4.74 Å². The van der Waals surface area contributed by atoms with Gasteiger partial charge in [-0.1, -0.05) is 0 Å². The Bertz CT molecular complexity index is 255. The minimum Gasteiger partial charge on any atom is -0.381 e. The number of ether oxygens (including phenoxy) is 1. The minimum absolute atomic E-state index is 0.659. The molecule has 0 radical (unpaired) electrons. The van der Waals surface area contributed by atoms with Crippen LogP contribution in [-0.2, 0) is 11.2 Å². The Morgan fingerprint density at radius 2 is 2.67 bits per heavy atom. The minimum atomic E-state index is 0.659. The van der Waals surface area contributed by atoms with Crippen LogP contribution in [0.5, 0.6) is 0 Å². The number of nitrogen functional groups attached to an aromatic ring is 1. The molecule has 2 N–H and O–H groups in total. The summed E-state index contributed by atoms with van der Waals surface area (Å²) >= 11 is 1.51. The lowest BCUT2D eigenvalue weighted by Crippen LogP contribution is -2.03. The molecule has 0 aliphatic carbocycles. The lowest BCUT2D eigenvalue weighted by molar-refractivity contribution is 0.185. The average molecular weight is 184 g/mol. The van der Waals surface area contributed by atoms with Crippen LogP contribution in [0.2, 0.25) is 0 Å². The Hall–Kier alpha value is -0.610. The molecule has 2 rings (SSSR count). The van der Waals surface area contributed by atoms with Crippen molar-refractivity contribution in [3.8, 4) is 0 Å². The average Bonchev–Trinajstić information content (AvgIpc) is 2.63. The van der Waals surface area contributed by atoms with Crippen LogP contribution in [0, 0.1) is 5.92 Å². The van der Waals surface area contributed by atoms with E-state index in [0.29, 0.717) is 11.0 Å². The fourth-order valence-corrected chi connectivity index (χ4v) is 2.03. The third-order valence-corrected chi connectivity index (χ3v) is 2.81. The van der Waals surface area contributed by atoms with E-state index in [9.17, 15) is 0 Å². The summed E-state index contributed by atoms with van der Waals surface area (Å²) in [6.07, 6.45) is 2.19. The topological polar surface area (TPSA) is 48.1 Å². The van der Waals surface area contributed by atoms with Crippen LogP contribution in [0.1, 0.15) is 12.1 Å². The number of rotatable bonds is 2. The summed E-state index contributed by atoms with van der Waals surface area (Å²) in [7, 11) is 0. The van der Waals surface area contributed by atoms with Gasteiger partial charge in [0.05, 0.1) is 5.69 Å². The number of hydrogen-bond donors (Lipinski definition) is 1. The molecule has 66 valence electrons. The van der Waals surface area contributed by atoms with E-state index < -0.39 is 0 Å². The molecule has 0 bridgehead atoms. The van der Waals surface area contributed by atoms with E-state index in [0.717, 1.165) is 31.7 Å². The number of hydrogen-bond acceptors (Lipinski definition) is 4. The van der Waals surface area contributed by atoms with E-state index in [1.54, 1.807) is 0 Å². The highest BCUT2D eigenvalue weighted by molar-refractivity contribution is 7.13.